The number of amides is 1. The van der Waals surface area contributed by atoms with E-state index in [0.29, 0.717) is 5.69 Å². The lowest BCUT2D eigenvalue weighted by Gasteiger charge is -1.99. The molecule has 2 N–H and O–H groups in total. The number of thiophene rings is 1. The van der Waals surface area contributed by atoms with E-state index < -0.39 is 0 Å². The number of carbonyl (C=O) groups excluding carboxylic acids is 1. The van der Waals surface area contributed by atoms with Crippen molar-refractivity contribution in [2.24, 2.45) is 0 Å². The summed E-state index contributed by atoms with van der Waals surface area (Å²) in [4.78, 5) is 12.4. The molecule has 0 saturated heterocycles. The molecule has 2 aromatic heterocycles. The summed E-state index contributed by atoms with van der Waals surface area (Å²) < 4.78 is 0.966. The van der Waals surface area contributed by atoms with E-state index in [0.717, 1.165) is 8.45 Å². The summed E-state index contributed by atoms with van der Waals surface area (Å²) in [5.74, 6) is -0.0919. The average Bonchev–Trinajstić information content (AvgIpc) is 2.75. The molecule has 0 aliphatic carbocycles. The largest absolute Gasteiger partial charge is 0.319 e. The van der Waals surface area contributed by atoms with Crippen molar-refractivity contribution in [2.75, 3.05) is 5.32 Å². The third kappa shape index (κ3) is 1.95. The number of carbonyl (C=O) groups is 1. The number of H-pyrrole nitrogens is 1. The van der Waals surface area contributed by atoms with Gasteiger partial charge in [0.25, 0.3) is 5.91 Å². The first-order chi connectivity index (χ1) is 6.77. The molecule has 4 nitrogen and oxygen atoms in total. The number of aromatic amines is 1. The molecule has 0 bridgehead atoms. The molecule has 1 amide bonds. The second-order valence-electron chi connectivity index (χ2n) is 2.54. The summed E-state index contributed by atoms with van der Waals surface area (Å²) in [6, 6.07) is 1.91. The van der Waals surface area contributed by atoms with Gasteiger partial charge in [0, 0.05) is 9.77 Å². The van der Waals surface area contributed by atoms with Crippen LogP contribution in [0.15, 0.2) is 23.8 Å². The summed E-state index contributed by atoms with van der Waals surface area (Å²) >= 11 is 3.57. The van der Waals surface area contributed by atoms with Crippen LogP contribution in [0.4, 0.5) is 5.69 Å². The Kier molecular flexibility index (Phi) is 2.82. The Morgan fingerprint density at radius 2 is 2.50 bits per heavy atom. The van der Waals surface area contributed by atoms with E-state index in [2.05, 4.69) is 38.1 Å². The van der Waals surface area contributed by atoms with Crippen molar-refractivity contribution in [2.45, 2.75) is 0 Å². The molecule has 2 heterocycles. The van der Waals surface area contributed by atoms with Crippen molar-refractivity contribution in [3.05, 3.63) is 32.3 Å². The molecule has 2 aromatic rings. The van der Waals surface area contributed by atoms with E-state index >= 15 is 0 Å². The molecule has 0 saturated carbocycles. The number of nitrogens with one attached hydrogen (secondary N) is 2. The lowest BCUT2D eigenvalue weighted by molar-refractivity contribution is 0.103. The fourth-order valence-electron chi connectivity index (χ4n) is 0.963. The first-order valence-electron chi connectivity index (χ1n) is 3.80. The zero-order chi connectivity index (χ0) is 9.97. The topological polar surface area (TPSA) is 57.8 Å². The zero-order valence-corrected chi connectivity index (χ0v) is 9.93. The maximum atomic E-state index is 11.6. The first-order valence-corrected chi connectivity index (χ1v) is 5.76. The minimum absolute atomic E-state index is 0.0919. The van der Waals surface area contributed by atoms with Crippen molar-refractivity contribution in [3.63, 3.8) is 0 Å². The molecular weight excluding hydrogens is 313 g/mol. The van der Waals surface area contributed by atoms with Gasteiger partial charge in [-0.05, 0) is 34.0 Å². The van der Waals surface area contributed by atoms with Crippen LogP contribution < -0.4 is 5.32 Å². The maximum Gasteiger partial charge on any atom is 0.266 e. The summed E-state index contributed by atoms with van der Waals surface area (Å²) in [6.45, 7) is 0. The van der Waals surface area contributed by atoms with Crippen LogP contribution in [-0.2, 0) is 0 Å². The smallest absolute Gasteiger partial charge is 0.266 e. The predicted molar refractivity (Wildman–Crippen MR) is 63.6 cm³/mol. The number of anilines is 1. The van der Waals surface area contributed by atoms with Crippen molar-refractivity contribution in [1.29, 1.82) is 0 Å². The van der Waals surface area contributed by atoms with Gasteiger partial charge in [0.05, 0.1) is 11.9 Å². The minimum Gasteiger partial charge on any atom is -0.319 e. The second-order valence-corrected chi connectivity index (χ2v) is 4.62. The van der Waals surface area contributed by atoms with Crippen molar-refractivity contribution in [1.82, 2.24) is 10.2 Å². The molecule has 0 unspecified atom stereocenters. The van der Waals surface area contributed by atoms with Gasteiger partial charge in [-0.2, -0.15) is 5.10 Å². The highest BCUT2D eigenvalue weighted by Gasteiger charge is 2.11. The Labute approximate surface area is 97.9 Å². The summed E-state index contributed by atoms with van der Waals surface area (Å²) in [7, 11) is 0. The van der Waals surface area contributed by atoms with Crippen LogP contribution in [0.25, 0.3) is 0 Å². The number of aromatic nitrogens is 2. The molecular formula is C8H6IN3OS. The molecule has 14 heavy (non-hydrogen) atoms. The Hall–Kier alpha value is -0.890. The maximum absolute atomic E-state index is 11.6. The monoisotopic (exact) mass is 319 g/mol. The van der Waals surface area contributed by atoms with Crippen LogP contribution in [0.2, 0.25) is 0 Å². The quantitative estimate of drug-likeness (QED) is 0.835. The lowest BCUT2D eigenvalue weighted by atomic mass is 10.4. The van der Waals surface area contributed by atoms with Crippen LogP contribution in [0.5, 0.6) is 0 Å². The van der Waals surface area contributed by atoms with Crippen LogP contribution in [0, 0.1) is 3.57 Å². The average molecular weight is 319 g/mol. The predicted octanol–water partition coefficient (Wildman–Crippen LogP) is 2.33. The van der Waals surface area contributed by atoms with Crippen LogP contribution in [0.1, 0.15) is 9.67 Å². The SMILES string of the molecule is O=C(Nc1cn[nH]c1)c1sccc1I. The Balaban J connectivity index is 2.14. The number of nitrogens with zero attached hydrogens (tertiary/aromatic N) is 1. The van der Waals surface area contributed by atoms with Gasteiger partial charge in [0.15, 0.2) is 0 Å². The molecule has 0 atom stereocenters. The minimum atomic E-state index is -0.0919. The van der Waals surface area contributed by atoms with Crippen LogP contribution in [0.3, 0.4) is 0 Å². The van der Waals surface area contributed by atoms with Gasteiger partial charge in [-0.15, -0.1) is 11.3 Å². The number of hydrogen-bond acceptors (Lipinski definition) is 3. The highest BCUT2D eigenvalue weighted by atomic mass is 127. The summed E-state index contributed by atoms with van der Waals surface area (Å²) in [5.41, 5.74) is 0.680. The molecule has 72 valence electrons. The normalized spacial score (nSPS) is 10.1. The Morgan fingerprint density at radius 3 is 3.07 bits per heavy atom. The van der Waals surface area contributed by atoms with Gasteiger partial charge in [-0.3, -0.25) is 9.89 Å². The number of halogens is 1. The fraction of sp³-hybridized carbons (Fsp3) is 0. The fourth-order valence-corrected chi connectivity index (χ4v) is 2.69. The van der Waals surface area contributed by atoms with Gasteiger partial charge < -0.3 is 5.32 Å². The van der Waals surface area contributed by atoms with E-state index in [1.54, 1.807) is 12.4 Å². The third-order valence-corrected chi connectivity index (χ3v) is 3.76. The third-order valence-electron chi connectivity index (χ3n) is 1.58. The van der Waals surface area contributed by atoms with Crippen molar-refractivity contribution >= 4 is 45.5 Å². The van der Waals surface area contributed by atoms with E-state index in [4.69, 9.17) is 0 Å². The van der Waals surface area contributed by atoms with E-state index in [1.165, 1.54) is 11.3 Å². The van der Waals surface area contributed by atoms with Crippen LogP contribution >= 0.6 is 33.9 Å². The summed E-state index contributed by atoms with van der Waals surface area (Å²) in [6.07, 6.45) is 3.21. The van der Waals surface area contributed by atoms with E-state index in [1.807, 2.05) is 11.4 Å². The second kappa shape index (κ2) is 4.09. The lowest BCUT2D eigenvalue weighted by Crippen LogP contribution is -2.10. The highest BCUT2D eigenvalue weighted by molar-refractivity contribution is 14.1. The Morgan fingerprint density at radius 1 is 1.64 bits per heavy atom. The number of rotatable bonds is 2. The standard InChI is InChI=1S/C8H6IN3OS/c9-6-1-2-14-7(6)8(13)12-5-3-10-11-4-5/h1-4H,(H,10,11)(H,12,13). The van der Waals surface area contributed by atoms with Crippen molar-refractivity contribution < 1.29 is 4.79 Å². The highest BCUT2D eigenvalue weighted by Crippen LogP contribution is 2.19. The molecule has 2 rings (SSSR count). The van der Waals surface area contributed by atoms with E-state index in [-0.39, 0.29) is 5.91 Å². The number of hydrogen-bond donors (Lipinski definition) is 2. The van der Waals surface area contributed by atoms with Gasteiger partial charge in [0.1, 0.15) is 4.88 Å². The van der Waals surface area contributed by atoms with Gasteiger partial charge in [-0.1, -0.05) is 0 Å². The van der Waals surface area contributed by atoms with E-state index in [9.17, 15) is 4.79 Å². The molecule has 0 aliphatic heterocycles. The molecule has 0 fully saturated rings. The Bertz CT molecular complexity index is 437. The van der Waals surface area contributed by atoms with Gasteiger partial charge >= 0.3 is 0 Å². The molecule has 0 radical (unpaired) electrons. The molecule has 0 aromatic carbocycles. The van der Waals surface area contributed by atoms with Gasteiger partial charge in [0.2, 0.25) is 0 Å². The first kappa shape index (κ1) is 9.66. The molecule has 0 aliphatic rings. The molecule has 6 heteroatoms. The molecule has 0 spiro atoms. The zero-order valence-electron chi connectivity index (χ0n) is 6.95. The van der Waals surface area contributed by atoms with Crippen LogP contribution in [-0.4, -0.2) is 16.1 Å². The van der Waals surface area contributed by atoms with Gasteiger partial charge in [-0.25, -0.2) is 0 Å². The van der Waals surface area contributed by atoms with Crippen molar-refractivity contribution in [3.8, 4) is 0 Å². The summed E-state index contributed by atoms with van der Waals surface area (Å²) in [5, 5.41) is 11.0.